The van der Waals surface area contributed by atoms with Crippen LogP contribution in [0.3, 0.4) is 0 Å². The quantitative estimate of drug-likeness (QED) is 0.743. The van der Waals surface area contributed by atoms with Gasteiger partial charge in [-0.1, -0.05) is 12.1 Å². The minimum absolute atomic E-state index is 0.105. The number of hydrogen-bond donors (Lipinski definition) is 1. The Bertz CT molecular complexity index is 1030. The highest BCUT2D eigenvalue weighted by Gasteiger charge is 2.24. The summed E-state index contributed by atoms with van der Waals surface area (Å²) < 4.78 is 13.7. The van der Waals surface area contributed by atoms with Crippen LogP contribution in [-0.2, 0) is 11.2 Å². The third kappa shape index (κ3) is 3.37. The summed E-state index contributed by atoms with van der Waals surface area (Å²) in [6.07, 6.45) is 0.304. The molecule has 0 bridgehead atoms. The molecule has 1 aromatic heterocycles. The first kappa shape index (κ1) is 18.5. The molecule has 1 amide bonds. The third-order valence-corrected chi connectivity index (χ3v) is 5.96. The molecule has 28 heavy (non-hydrogen) atoms. The first-order chi connectivity index (χ1) is 13.4. The number of amides is 1. The van der Waals surface area contributed by atoms with Gasteiger partial charge in [0.2, 0.25) is 5.91 Å². The Morgan fingerprint density at radius 2 is 1.82 bits per heavy atom. The van der Waals surface area contributed by atoms with Crippen LogP contribution >= 0.6 is 0 Å². The van der Waals surface area contributed by atoms with Crippen molar-refractivity contribution in [3.63, 3.8) is 0 Å². The fraction of sp³-hybridized carbons (Fsp3) is 0.348. The predicted molar refractivity (Wildman–Crippen MR) is 111 cm³/mol. The number of H-pyrrole nitrogens is 1. The molecule has 5 heteroatoms. The number of carbonyl (C=O) groups excluding carboxylic acids is 1. The van der Waals surface area contributed by atoms with Crippen molar-refractivity contribution in [1.29, 1.82) is 0 Å². The van der Waals surface area contributed by atoms with Gasteiger partial charge in [-0.05, 0) is 61.7 Å². The first-order valence-electron chi connectivity index (χ1n) is 9.79. The minimum atomic E-state index is -0.276. The van der Waals surface area contributed by atoms with E-state index in [1.807, 2.05) is 11.8 Å². The van der Waals surface area contributed by atoms with Gasteiger partial charge in [0.15, 0.2) is 0 Å². The minimum Gasteiger partial charge on any atom is -0.368 e. The number of piperazine rings is 1. The van der Waals surface area contributed by atoms with Crippen LogP contribution in [-0.4, -0.2) is 42.0 Å². The fourth-order valence-electron chi connectivity index (χ4n) is 4.12. The second kappa shape index (κ2) is 7.30. The number of hydrogen-bond acceptors (Lipinski definition) is 2. The van der Waals surface area contributed by atoms with E-state index in [1.165, 1.54) is 28.9 Å². The van der Waals surface area contributed by atoms with Crippen molar-refractivity contribution >= 4 is 22.5 Å². The normalized spacial score (nSPS) is 14.7. The molecule has 2 heterocycles. The zero-order chi connectivity index (χ0) is 19.8. The maximum absolute atomic E-state index is 13.7. The summed E-state index contributed by atoms with van der Waals surface area (Å²) in [4.78, 5) is 20.5. The molecule has 1 fully saturated rings. The Hall–Kier alpha value is -2.82. The molecule has 146 valence electrons. The Morgan fingerprint density at radius 1 is 1.07 bits per heavy atom. The van der Waals surface area contributed by atoms with Gasteiger partial charge >= 0.3 is 0 Å². The van der Waals surface area contributed by atoms with Crippen LogP contribution in [0.25, 0.3) is 10.9 Å². The van der Waals surface area contributed by atoms with Gasteiger partial charge in [-0.2, -0.15) is 0 Å². The average Bonchev–Trinajstić information content (AvgIpc) is 2.99. The van der Waals surface area contributed by atoms with Crippen LogP contribution in [0.1, 0.15) is 22.4 Å². The lowest BCUT2D eigenvalue weighted by molar-refractivity contribution is -0.130. The summed E-state index contributed by atoms with van der Waals surface area (Å²) in [6.45, 7) is 9.31. The molecule has 4 rings (SSSR count). The average molecular weight is 379 g/mol. The maximum Gasteiger partial charge on any atom is 0.227 e. The van der Waals surface area contributed by atoms with Crippen molar-refractivity contribution in [2.45, 2.75) is 27.2 Å². The molecular formula is C23H26FN3O. The van der Waals surface area contributed by atoms with E-state index in [4.69, 9.17) is 0 Å². The molecule has 1 saturated heterocycles. The van der Waals surface area contributed by atoms with Crippen LogP contribution in [0.15, 0.2) is 36.4 Å². The molecule has 1 N–H and O–H groups in total. The molecular weight excluding hydrogens is 353 g/mol. The molecule has 3 aromatic rings. The molecule has 1 aliphatic rings. The summed E-state index contributed by atoms with van der Waals surface area (Å²) in [5, 5.41) is 0.805. The molecule has 0 radical (unpaired) electrons. The van der Waals surface area contributed by atoms with E-state index in [0.29, 0.717) is 19.5 Å². The molecule has 1 aliphatic heterocycles. The Labute approximate surface area is 165 Å². The van der Waals surface area contributed by atoms with Gasteiger partial charge in [0.1, 0.15) is 5.82 Å². The van der Waals surface area contributed by atoms with Gasteiger partial charge < -0.3 is 14.8 Å². The number of carbonyl (C=O) groups is 1. The maximum atomic E-state index is 13.7. The van der Waals surface area contributed by atoms with E-state index >= 15 is 0 Å². The zero-order valence-corrected chi connectivity index (χ0v) is 16.7. The second-order valence-electron chi connectivity index (χ2n) is 7.68. The first-order valence-corrected chi connectivity index (χ1v) is 9.79. The molecule has 0 aliphatic carbocycles. The monoisotopic (exact) mass is 379 g/mol. The van der Waals surface area contributed by atoms with Crippen LogP contribution in [0.2, 0.25) is 0 Å². The summed E-state index contributed by atoms with van der Waals surface area (Å²) in [6, 6.07) is 11.1. The smallest absolute Gasteiger partial charge is 0.227 e. The largest absolute Gasteiger partial charge is 0.368 e. The second-order valence-corrected chi connectivity index (χ2v) is 7.68. The van der Waals surface area contributed by atoms with Crippen molar-refractivity contribution in [3.8, 4) is 0 Å². The van der Waals surface area contributed by atoms with E-state index < -0.39 is 0 Å². The highest BCUT2D eigenvalue weighted by molar-refractivity contribution is 5.90. The van der Waals surface area contributed by atoms with Gasteiger partial charge in [0.25, 0.3) is 0 Å². The van der Waals surface area contributed by atoms with Crippen molar-refractivity contribution in [1.82, 2.24) is 9.88 Å². The lowest BCUT2D eigenvalue weighted by Crippen LogP contribution is -2.49. The van der Waals surface area contributed by atoms with Crippen molar-refractivity contribution in [2.24, 2.45) is 0 Å². The van der Waals surface area contributed by atoms with Crippen LogP contribution < -0.4 is 4.90 Å². The zero-order valence-electron chi connectivity index (χ0n) is 16.7. The van der Waals surface area contributed by atoms with Crippen molar-refractivity contribution in [3.05, 3.63) is 64.6 Å². The summed E-state index contributed by atoms with van der Waals surface area (Å²) in [5.74, 6) is -0.170. The number of nitrogens with one attached hydrogen (secondary N) is 1. The predicted octanol–water partition coefficient (Wildman–Crippen LogP) is 4.12. The Balaban J connectivity index is 1.46. The van der Waals surface area contributed by atoms with Crippen LogP contribution in [0.5, 0.6) is 0 Å². The van der Waals surface area contributed by atoms with E-state index in [1.54, 1.807) is 6.07 Å². The standard InChI is InChI=1S/C23H26FN3O/c1-15-5-4-6-22(16(15)2)26-9-11-27(12-10-26)23(28)14-19-17(3)25-21-8-7-18(24)13-20(19)21/h4-8,13,25H,9-12,14H2,1-3H3. The van der Waals surface area contributed by atoms with Gasteiger partial charge in [0, 0.05) is 48.5 Å². The van der Waals surface area contributed by atoms with Gasteiger partial charge in [-0.25, -0.2) is 4.39 Å². The Morgan fingerprint density at radius 3 is 2.57 bits per heavy atom. The number of aromatic nitrogens is 1. The number of rotatable bonds is 3. The lowest BCUT2D eigenvalue weighted by Gasteiger charge is -2.37. The van der Waals surface area contributed by atoms with Crippen LogP contribution in [0.4, 0.5) is 10.1 Å². The fourth-order valence-corrected chi connectivity index (χ4v) is 4.12. The number of fused-ring (bicyclic) bond motifs is 1. The number of aryl methyl sites for hydroxylation is 2. The highest BCUT2D eigenvalue weighted by Crippen LogP contribution is 2.26. The number of anilines is 1. The molecule has 0 atom stereocenters. The van der Waals surface area contributed by atoms with E-state index in [0.717, 1.165) is 35.2 Å². The number of benzene rings is 2. The number of halogens is 1. The van der Waals surface area contributed by atoms with Gasteiger partial charge in [-0.3, -0.25) is 4.79 Å². The summed E-state index contributed by atoms with van der Waals surface area (Å²) in [7, 11) is 0. The van der Waals surface area contributed by atoms with E-state index in [2.05, 4.69) is 41.9 Å². The number of nitrogens with zero attached hydrogens (tertiary/aromatic N) is 2. The van der Waals surface area contributed by atoms with Crippen molar-refractivity contribution in [2.75, 3.05) is 31.1 Å². The highest BCUT2D eigenvalue weighted by atomic mass is 19.1. The van der Waals surface area contributed by atoms with E-state index in [-0.39, 0.29) is 11.7 Å². The number of aromatic amines is 1. The summed E-state index contributed by atoms with van der Waals surface area (Å²) >= 11 is 0. The van der Waals surface area contributed by atoms with E-state index in [9.17, 15) is 9.18 Å². The summed E-state index contributed by atoms with van der Waals surface area (Å²) in [5.41, 5.74) is 6.56. The van der Waals surface area contributed by atoms with Gasteiger partial charge in [-0.15, -0.1) is 0 Å². The SMILES string of the molecule is Cc1cccc(N2CCN(C(=O)Cc3c(C)[nH]c4ccc(F)cc34)CC2)c1C. The molecule has 2 aromatic carbocycles. The van der Waals surface area contributed by atoms with Gasteiger partial charge in [0.05, 0.1) is 6.42 Å². The molecule has 0 saturated carbocycles. The lowest BCUT2D eigenvalue weighted by atomic mass is 10.1. The third-order valence-electron chi connectivity index (χ3n) is 5.96. The topological polar surface area (TPSA) is 39.3 Å². The van der Waals surface area contributed by atoms with Crippen LogP contribution in [0, 0.1) is 26.6 Å². The van der Waals surface area contributed by atoms with Crippen molar-refractivity contribution < 1.29 is 9.18 Å². The molecule has 4 nitrogen and oxygen atoms in total. The molecule has 0 spiro atoms. The Kier molecular flexibility index (Phi) is 4.84. The molecule has 0 unspecified atom stereocenters.